The van der Waals surface area contributed by atoms with E-state index in [2.05, 4.69) is 25.4 Å². The van der Waals surface area contributed by atoms with Gasteiger partial charge in [0.2, 0.25) is 11.8 Å². The van der Waals surface area contributed by atoms with E-state index in [-0.39, 0.29) is 0 Å². The number of aryl methyl sites for hydroxylation is 1. The van der Waals surface area contributed by atoms with Gasteiger partial charge in [-0.05, 0) is 13.3 Å². The molecular formula is C11H15N5O2. The van der Waals surface area contributed by atoms with Crippen LogP contribution in [-0.2, 0) is 6.54 Å². The van der Waals surface area contributed by atoms with Gasteiger partial charge in [0.1, 0.15) is 12.1 Å². The second kappa shape index (κ2) is 5.95. The highest BCUT2D eigenvalue weighted by atomic mass is 16.5. The van der Waals surface area contributed by atoms with Crippen LogP contribution in [0.4, 0.5) is 5.82 Å². The smallest absolute Gasteiger partial charge is 0.245 e. The maximum atomic E-state index is 5.41. The van der Waals surface area contributed by atoms with Crippen LogP contribution in [0.1, 0.15) is 25.1 Å². The first-order chi connectivity index (χ1) is 8.78. The van der Waals surface area contributed by atoms with E-state index < -0.39 is 0 Å². The van der Waals surface area contributed by atoms with Gasteiger partial charge in [-0.25, -0.2) is 9.97 Å². The van der Waals surface area contributed by atoms with Crippen LogP contribution in [0.15, 0.2) is 16.9 Å². The molecule has 0 bridgehead atoms. The van der Waals surface area contributed by atoms with Crippen molar-refractivity contribution in [3.8, 4) is 5.88 Å². The van der Waals surface area contributed by atoms with Gasteiger partial charge >= 0.3 is 0 Å². The molecular weight excluding hydrogens is 234 g/mol. The highest BCUT2D eigenvalue weighted by Crippen LogP contribution is 2.12. The fraction of sp³-hybridized carbons (Fsp3) is 0.455. The molecule has 0 atom stereocenters. The lowest BCUT2D eigenvalue weighted by atomic mass is 10.5. The molecule has 0 saturated heterocycles. The Balaban J connectivity index is 1.92. The van der Waals surface area contributed by atoms with Gasteiger partial charge in [0.05, 0.1) is 13.2 Å². The first-order valence-electron chi connectivity index (χ1n) is 5.76. The van der Waals surface area contributed by atoms with Crippen molar-refractivity contribution in [2.75, 3.05) is 11.9 Å². The number of anilines is 1. The summed E-state index contributed by atoms with van der Waals surface area (Å²) in [5.41, 5.74) is 0. The van der Waals surface area contributed by atoms with Crippen molar-refractivity contribution in [3.05, 3.63) is 24.1 Å². The third-order valence-corrected chi connectivity index (χ3v) is 2.09. The van der Waals surface area contributed by atoms with E-state index in [1.54, 1.807) is 13.0 Å². The summed E-state index contributed by atoms with van der Waals surface area (Å²) in [6.07, 6.45) is 2.39. The first kappa shape index (κ1) is 12.3. The lowest BCUT2D eigenvalue weighted by Crippen LogP contribution is -2.04. The molecule has 0 unspecified atom stereocenters. The van der Waals surface area contributed by atoms with Crippen molar-refractivity contribution in [1.82, 2.24) is 20.1 Å². The molecule has 2 aromatic heterocycles. The van der Waals surface area contributed by atoms with Crippen molar-refractivity contribution in [1.29, 1.82) is 0 Å². The van der Waals surface area contributed by atoms with Crippen LogP contribution in [-0.4, -0.2) is 26.7 Å². The quantitative estimate of drug-likeness (QED) is 0.831. The van der Waals surface area contributed by atoms with Gasteiger partial charge in [-0.1, -0.05) is 12.1 Å². The highest BCUT2D eigenvalue weighted by Gasteiger charge is 2.04. The molecule has 0 spiro atoms. The average molecular weight is 249 g/mol. The van der Waals surface area contributed by atoms with Crippen molar-refractivity contribution in [2.45, 2.75) is 26.8 Å². The summed E-state index contributed by atoms with van der Waals surface area (Å²) in [5.74, 6) is 2.34. The van der Waals surface area contributed by atoms with E-state index in [9.17, 15) is 0 Å². The van der Waals surface area contributed by atoms with E-state index in [0.29, 0.717) is 36.6 Å². The molecule has 0 aromatic carbocycles. The standard InChI is InChI=1S/C11H15N5O2/c1-3-4-17-10-5-9(13-7-14-10)12-6-11-15-8(2)16-18-11/h5,7H,3-4,6H2,1-2H3,(H,12,13,14). The van der Waals surface area contributed by atoms with Crippen LogP contribution in [0, 0.1) is 6.92 Å². The minimum atomic E-state index is 0.422. The molecule has 18 heavy (non-hydrogen) atoms. The van der Waals surface area contributed by atoms with Crippen LogP contribution >= 0.6 is 0 Å². The number of ether oxygens (including phenoxy) is 1. The minimum absolute atomic E-state index is 0.422. The molecule has 0 aliphatic rings. The molecule has 0 amide bonds. The molecule has 2 heterocycles. The lowest BCUT2D eigenvalue weighted by Gasteiger charge is -2.05. The summed E-state index contributed by atoms with van der Waals surface area (Å²) in [6, 6.07) is 1.74. The molecule has 0 aliphatic heterocycles. The zero-order chi connectivity index (χ0) is 12.8. The predicted molar refractivity (Wildman–Crippen MR) is 64.2 cm³/mol. The molecule has 2 rings (SSSR count). The maximum Gasteiger partial charge on any atom is 0.245 e. The van der Waals surface area contributed by atoms with Crippen LogP contribution in [0.3, 0.4) is 0 Å². The Labute approximate surface area is 105 Å². The van der Waals surface area contributed by atoms with Crippen LogP contribution in [0.2, 0.25) is 0 Å². The average Bonchev–Trinajstić information content (AvgIpc) is 2.80. The van der Waals surface area contributed by atoms with Crippen molar-refractivity contribution in [2.24, 2.45) is 0 Å². The van der Waals surface area contributed by atoms with Crippen LogP contribution < -0.4 is 10.1 Å². The summed E-state index contributed by atoms with van der Waals surface area (Å²) in [5, 5.41) is 6.77. The Bertz CT molecular complexity index is 500. The molecule has 0 radical (unpaired) electrons. The zero-order valence-electron chi connectivity index (χ0n) is 10.4. The molecule has 7 nitrogen and oxygen atoms in total. The van der Waals surface area contributed by atoms with Gasteiger partial charge in [0.25, 0.3) is 0 Å². The zero-order valence-corrected chi connectivity index (χ0v) is 10.4. The van der Waals surface area contributed by atoms with Crippen LogP contribution in [0.25, 0.3) is 0 Å². The van der Waals surface area contributed by atoms with Crippen LogP contribution in [0.5, 0.6) is 5.88 Å². The van der Waals surface area contributed by atoms with E-state index in [1.165, 1.54) is 6.33 Å². The van der Waals surface area contributed by atoms with E-state index in [1.807, 2.05) is 6.92 Å². The van der Waals surface area contributed by atoms with E-state index in [0.717, 1.165) is 6.42 Å². The summed E-state index contributed by atoms with van der Waals surface area (Å²) in [7, 11) is 0. The van der Waals surface area contributed by atoms with Gasteiger partial charge in [-0.3, -0.25) is 0 Å². The number of nitrogens with one attached hydrogen (secondary N) is 1. The molecule has 0 aliphatic carbocycles. The Morgan fingerprint density at radius 1 is 1.39 bits per heavy atom. The number of hydrogen-bond donors (Lipinski definition) is 1. The topological polar surface area (TPSA) is 86.0 Å². The van der Waals surface area contributed by atoms with E-state index in [4.69, 9.17) is 9.26 Å². The molecule has 2 aromatic rings. The molecule has 96 valence electrons. The third-order valence-electron chi connectivity index (χ3n) is 2.09. The van der Waals surface area contributed by atoms with Gasteiger partial charge < -0.3 is 14.6 Å². The Kier molecular flexibility index (Phi) is 4.06. The summed E-state index contributed by atoms with van der Waals surface area (Å²) in [6.45, 7) is 4.87. The van der Waals surface area contributed by atoms with Gasteiger partial charge in [0.15, 0.2) is 5.82 Å². The van der Waals surface area contributed by atoms with Gasteiger partial charge in [-0.2, -0.15) is 4.98 Å². The molecule has 7 heteroatoms. The van der Waals surface area contributed by atoms with Crippen molar-refractivity contribution < 1.29 is 9.26 Å². The third kappa shape index (κ3) is 3.41. The second-order valence-corrected chi connectivity index (χ2v) is 3.68. The van der Waals surface area contributed by atoms with Crippen molar-refractivity contribution >= 4 is 5.82 Å². The Hall–Kier alpha value is -2.18. The fourth-order valence-corrected chi connectivity index (χ4v) is 1.30. The summed E-state index contributed by atoms with van der Waals surface area (Å²) in [4.78, 5) is 12.2. The maximum absolute atomic E-state index is 5.41. The monoisotopic (exact) mass is 249 g/mol. The van der Waals surface area contributed by atoms with E-state index >= 15 is 0 Å². The summed E-state index contributed by atoms with van der Waals surface area (Å²) >= 11 is 0. The summed E-state index contributed by atoms with van der Waals surface area (Å²) < 4.78 is 10.4. The lowest BCUT2D eigenvalue weighted by molar-refractivity contribution is 0.305. The van der Waals surface area contributed by atoms with Gasteiger partial charge in [0, 0.05) is 6.07 Å². The molecule has 0 saturated carbocycles. The predicted octanol–water partition coefficient (Wildman–Crippen LogP) is 1.57. The fourth-order valence-electron chi connectivity index (χ4n) is 1.30. The Morgan fingerprint density at radius 3 is 3.00 bits per heavy atom. The number of rotatable bonds is 6. The normalized spacial score (nSPS) is 10.3. The Morgan fingerprint density at radius 2 is 2.28 bits per heavy atom. The number of hydrogen-bond acceptors (Lipinski definition) is 7. The van der Waals surface area contributed by atoms with Gasteiger partial charge in [-0.15, -0.1) is 0 Å². The van der Waals surface area contributed by atoms with Crippen molar-refractivity contribution in [3.63, 3.8) is 0 Å². The number of nitrogens with zero attached hydrogens (tertiary/aromatic N) is 4. The molecule has 0 fully saturated rings. The minimum Gasteiger partial charge on any atom is -0.478 e. The first-order valence-corrected chi connectivity index (χ1v) is 5.76. The largest absolute Gasteiger partial charge is 0.478 e. The highest BCUT2D eigenvalue weighted by molar-refractivity contribution is 5.36. The second-order valence-electron chi connectivity index (χ2n) is 3.68. The number of aromatic nitrogens is 4. The SMILES string of the molecule is CCCOc1cc(NCc2nc(C)no2)ncn1. The molecule has 1 N–H and O–H groups in total.